The minimum Gasteiger partial charge on any atom is -0.372 e. The molecule has 3 heterocycles. The number of nitrogens with zero attached hydrogens (tertiary/aromatic N) is 3. The summed E-state index contributed by atoms with van der Waals surface area (Å²) in [6, 6.07) is 3.70. The van der Waals surface area contributed by atoms with Gasteiger partial charge >= 0.3 is 6.03 Å². The Labute approximate surface area is 168 Å². The lowest BCUT2D eigenvalue weighted by molar-refractivity contribution is -0.00545. The molecule has 7 nitrogen and oxygen atoms in total. The summed E-state index contributed by atoms with van der Waals surface area (Å²) >= 11 is 0. The van der Waals surface area contributed by atoms with E-state index in [1.165, 1.54) is 38.8 Å². The number of morpholine rings is 1. The second-order valence-electron chi connectivity index (χ2n) is 8.06. The van der Waals surface area contributed by atoms with Crippen LogP contribution in [0, 0.1) is 0 Å². The maximum Gasteiger partial charge on any atom is 0.319 e. The smallest absolute Gasteiger partial charge is 0.319 e. The van der Waals surface area contributed by atoms with E-state index in [0.29, 0.717) is 12.2 Å². The van der Waals surface area contributed by atoms with E-state index < -0.39 is 0 Å². The number of anilines is 2. The van der Waals surface area contributed by atoms with Crippen LogP contribution in [0.25, 0.3) is 0 Å². The Kier molecular flexibility index (Phi) is 7.91. The van der Waals surface area contributed by atoms with E-state index in [9.17, 15) is 4.79 Å². The van der Waals surface area contributed by atoms with Crippen LogP contribution in [0.4, 0.5) is 16.3 Å². The number of nitrogens with one attached hydrogen (secondary N) is 2. The number of urea groups is 1. The van der Waals surface area contributed by atoms with Crippen molar-refractivity contribution in [1.82, 2.24) is 15.2 Å². The van der Waals surface area contributed by atoms with Gasteiger partial charge in [0.05, 0.1) is 24.1 Å². The van der Waals surface area contributed by atoms with Gasteiger partial charge in [-0.05, 0) is 64.9 Å². The van der Waals surface area contributed by atoms with Crippen molar-refractivity contribution in [3.8, 4) is 0 Å². The predicted molar refractivity (Wildman–Crippen MR) is 113 cm³/mol. The lowest BCUT2D eigenvalue weighted by Crippen LogP contribution is -2.45. The van der Waals surface area contributed by atoms with Crippen molar-refractivity contribution in [2.45, 2.75) is 58.2 Å². The molecule has 3 rings (SSSR count). The molecule has 1 aromatic heterocycles. The quantitative estimate of drug-likeness (QED) is 0.732. The van der Waals surface area contributed by atoms with Gasteiger partial charge in [-0.25, -0.2) is 9.78 Å². The first-order valence-electron chi connectivity index (χ1n) is 10.7. The minimum absolute atomic E-state index is 0.168. The Hall–Kier alpha value is -1.86. The highest BCUT2D eigenvalue weighted by molar-refractivity contribution is 5.89. The third-order valence-electron chi connectivity index (χ3n) is 5.38. The second-order valence-corrected chi connectivity index (χ2v) is 8.06. The molecule has 0 bridgehead atoms. The molecule has 2 fully saturated rings. The van der Waals surface area contributed by atoms with Crippen LogP contribution < -0.4 is 15.5 Å². The molecule has 1 aromatic rings. The highest BCUT2D eigenvalue weighted by atomic mass is 16.5. The monoisotopic (exact) mass is 389 g/mol. The zero-order valence-electron chi connectivity index (χ0n) is 17.3. The molecule has 0 saturated carbocycles. The van der Waals surface area contributed by atoms with Crippen LogP contribution in [-0.4, -0.2) is 67.4 Å². The Balaban J connectivity index is 1.37. The fraction of sp³-hybridized carbons (Fsp3) is 0.714. The lowest BCUT2D eigenvalue weighted by Gasteiger charge is -2.36. The van der Waals surface area contributed by atoms with E-state index >= 15 is 0 Å². The summed E-state index contributed by atoms with van der Waals surface area (Å²) in [4.78, 5) is 21.4. The summed E-state index contributed by atoms with van der Waals surface area (Å²) in [7, 11) is 0. The number of likely N-dealkylation sites (tertiary alicyclic amines) is 1. The molecular formula is C21H35N5O2. The molecule has 28 heavy (non-hydrogen) atoms. The molecular weight excluding hydrogens is 354 g/mol. The predicted octanol–water partition coefficient (Wildman–Crippen LogP) is 3.08. The van der Waals surface area contributed by atoms with Gasteiger partial charge in [0, 0.05) is 19.6 Å². The number of hydrogen-bond acceptors (Lipinski definition) is 5. The molecule has 2 N–H and O–H groups in total. The van der Waals surface area contributed by atoms with Crippen molar-refractivity contribution in [2.24, 2.45) is 0 Å². The molecule has 0 spiro atoms. The van der Waals surface area contributed by atoms with Gasteiger partial charge in [-0.2, -0.15) is 0 Å². The Morgan fingerprint density at radius 2 is 1.86 bits per heavy atom. The molecule has 156 valence electrons. The van der Waals surface area contributed by atoms with Crippen LogP contribution in [0.3, 0.4) is 0 Å². The maximum absolute atomic E-state index is 12.1. The summed E-state index contributed by atoms with van der Waals surface area (Å²) in [5.74, 6) is 0.922. The topological polar surface area (TPSA) is 69.7 Å². The maximum atomic E-state index is 12.1. The third kappa shape index (κ3) is 6.63. The van der Waals surface area contributed by atoms with Crippen molar-refractivity contribution in [2.75, 3.05) is 49.5 Å². The highest BCUT2D eigenvalue weighted by Gasteiger charge is 2.23. The summed E-state index contributed by atoms with van der Waals surface area (Å²) in [5.41, 5.74) is 0.711. The van der Waals surface area contributed by atoms with Gasteiger partial charge in [-0.1, -0.05) is 12.8 Å². The van der Waals surface area contributed by atoms with Crippen molar-refractivity contribution in [1.29, 1.82) is 0 Å². The standard InChI is InChI=1S/C21H35N5O2/c1-17-15-26(16-18(2)28-17)20-9-8-19(14-23-20)24-21(27)22-10-7-13-25-11-5-3-4-6-12-25/h8-9,14,17-18H,3-7,10-13,15-16H2,1-2H3,(H2,22,24,27)/t17-,18+. The van der Waals surface area contributed by atoms with Crippen molar-refractivity contribution in [3.63, 3.8) is 0 Å². The average molecular weight is 390 g/mol. The van der Waals surface area contributed by atoms with Crippen molar-refractivity contribution < 1.29 is 9.53 Å². The van der Waals surface area contributed by atoms with Crippen LogP contribution in [0.5, 0.6) is 0 Å². The minimum atomic E-state index is -0.168. The Morgan fingerprint density at radius 1 is 1.14 bits per heavy atom. The van der Waals surface area contributed by atoms with E-state index in [4.69, 9.17) is 4.74 Å². The number of aromatic nitrogens is 1. The molecule has 0 radical (unpaired) electrons. The molecule has 2 saturated heterocycles. The van der Waals surface area contributed by atoms with Gasteiger partial charge in [-0.3, -0.25) is 0 Å². The number of pyridine rings is 1. The summed E-state index contributed by atoms with van der Waals surface area (Å²) in [6.07, 6.45) is 8.42. The van der Waals surface area contributed by atoms with Crippen LogP contribution in [-0.2, 0) is 4.74 Å². The fourth-order valence-corrected chi connectivity index (χ4v) is 4.05. The van der Waals surface area contributed by atoms with Gasteiger partial charge in [-0.15, -0.1) is 0 Å². The van der Waals surface area contributed by atoms with Crippen molar-refractivity contribution in [3.05, 3.63) is 18.3 Å². The first-order valence-corrected chi connectivity index (χ1v) is 10.7. The zero-order chi connectivity index (χ0) is 19.8. The van der Waals surface area contributed by atoms with Gasteiger partial charge in [0.1, 0.15) is 5.82 Å². The average Bonchev–Trinajstić information content (AvgIpc) is 2.94. The van der Waals surface area contributed by atoms with Crippen molar-refractivity contribution >= 4 is 17.5 Å². The number of carbonyl (C=O) groups is 1. The molecule has 2 atom stereocenters. The van der Waals surface area contributed by atoms with E-state index in [0.717, 1.165) is 31.9 Å². The van der Waals surface area contributed by atoms with Crippen LogP contribution in [0.15, 0.2) is 18.3 Å². The summed E-state index contributed by atoms with van der Waals surface area (Å²) in [5, 5.41) is 5.81. The molecule has 2 aliphatic rings. The van der Waals surface area contributed by atoms with E-state index in [1.807, 2.05) is 12.1 Å². The number of hydrogen-bond donors (Lipinski definition) is 2. The molecule has 0 aromatic carbocycles. The van der Waals surface area contributed by atoms with Crippen LogP contribution in [0.1, 0.15) is 46.0 Å². The molecule has 0 aliphatic carbocycles. The molecule has 7 heteroatoms. The Bertz CT molecular complexity index is 591. The molecule has 0 unspecified atom stereocenters. The number of rotatable bonds is 6. The molecule has 2 amide bonds. The van der Waals surface area contributed by atoms with Gasteiger partial charge in [0.15, 0.2) is 0 Å². The summed E-state index contributed by atoms with van der Waals surface area (Å²) < 4.78 is 5.77. The first-order chi connectivity index (χ1) is 13.6. The first kappa shape index (κ1) is 20.9. The van der Waals surface area contributed by atoms with E-state index in [-0.39, 0.29) is 18.2 Å². The van der Waals surface area contributed by atoms with E-state index in [1.54, 1.807) is 6.20 Å². The normalized spacial score (nSPS) is 23.9. The van der Waals surface area contributed by atoms with Gasteiger partial charge in [0.25, 0.3) is 0 Å². The Morgan fingerprint density at radius 3 is 2.50 bits per heavy atom. The SMILES string of the molecule is C[C@@H]1CN(c2ccc(NC(=O)NCCCN3CCCCCC3)cn2)C[C@H](C)O1. The summed E-state index contributed by atoms with van der Waals surface area (Å²) in [6.45, 7) is 9.98. The number of amides is 2. The fourth-order valence-electron chi connectivity index (χ4n) is 4.05. The second kappa shape index (κ2) is 10.6. The number of carbonyl (C=O) groups excluding carboxylic acids is 1. The van der Waals surface area contributed by atoms with Gasteiger partial charge in [0.2, 0.25) is 0 Å². The van der Waals surface area contributed by atoms with E-state index in [2.05, 4.69) is 39.3 Å². The number of ether oxygens (including phenoxy) is 1. The highest BCUT2D eigenvalue weighted by Crippen LogP contribution is 2.19. The largest absolute Gasteiger partial charge is 0.372 e. The van der Waals surface area contributed by atoms with Crippen LogP contribution in [0.2, 0.25) is 0 Å². The van der Waals surface area contributed by atoms with Gasteiger partial charge < -0.3 is 25.2 Å². The van der Waals surface area contributed by atoms with Crippen LogP contribution >= 0.6 is 0 Å². The zero-order valence-corrected chi connectivity index (χ0v) is 17.3. The molecule has 2 aliphatic heterocycles. The third-order valence-corrected chi connectivity index (χ3v) is 5.38. The lowest BCUT2D eigenvalue weighted by atomic mass is 10.2.